The molecule has 0 spiro atoms. The molecule has 3 aromatic carbocycles. The average molecular weight is 546 g/mol. The fourth-order valence-electron chi connectivity index (χ4n) is 4.87. The number of carbonyl (C=O) groups excluding carboxylic acids is 1. The highest BCUT2D eigenvalue weighted by atomic mass is 32.2. The van der Waals surface area contributed by atoms with Gasteiger partial charge >= 0.3 is 0 Å². The molecule has 0 saturated carbocycles. The molecule has 1 aliphatic rings. The largest absolute Gasteiger partial charge is 0.304 e. The lowest BCUT2D eigenvalue weighted by molar-refractivity contribution is 0.0656. The molecular formula is C30H35N5O3S. The number of hydrogen-bond acceptors (Lipinski definition) is 5. The van der Waals surface area contributed by atoms with Crippen LogP contribution in [0.1, 0.15) is 36.8 Å². The van der Waals surface area contributed by atoms with E-state index < -0.39 is 10.0 Å². The van der Waals surface area contributed by atoms with Crippen LogP contribution < -0.4 is 10.3 Å². The van der Waals surface area contributed by atoms with E-state index in [1.54, 1.807) is 12.1 Å². The van der Waals surface area contributed by atoms with Crippen LogP contribution in [0.15, 0.2) is 83.8 Å². The Morgan fingerprint density at radius 3 is 2.08 bits per heavy atom. The second-order valence-corrected chi connectivity index (χ2v) is 12.7. The van der Waals surface area contributed by atoms with Crippen molar-refractivity contribution in [2.24, 2.45) is 0 Å². The van der Waals surface area contributed by atoms with Crippen LogP contribution in [0.4, 0.5) is 0 Å². The molecule has 1 amide bonds. The third-order valence-electron chi connectivity index (χ3n) is 7.16. The zero-order valence-corrected chi connectivity index (χ0v) is 23.6. The van der Waals surface area contributed by atoms with Crippen molar-refractivity contribution in [3.63, 3.8) is 0 Å². The van der Waals surface area contributed by atoms with Crippen molar-refractivity contribution in [2.45, 2.75) is 31.1 Å². The molecular weight excluding hydrogens is 510 g/mol. The predicted octanol–water partition coefficient (Wildman–Crippen LogP) is 4.43. The molecule has 0 radical (unpaired) electrons. The van der Waals surface area contributed by atoms with Crippen LogP contribution in [0.2, 0.25) is 0 Å². The van der Waals surface area contributed by atoms with Gasteiger partial charge in [0, 0.05) is 37.1 Å². The van der Waals surface area contributed by atoms with E-state index in [9.17, 15) is 13.2 Å². The van der Waals surface area contributed by atoms with E-state index in [2.05, 4.69) is 35.9 Å². The molecule has 1 saturated heterocycles. The zero-order chi connectivity index (χ0) is 27.8. The minimum absolute atomic E-state index is 0.106. The van der Waals surface area contributed by atoms with Crippen LogP contribution in [0.5, 0.6) is 0 Å². The maximum absolute atomic E-state index is 13.9. The summed E-state index contributed by atoms with van der Waals surface area (Å²) in [4.78, 5) is 19.0. The van der Waals surface area contributed by atoms with Crippen LogP contribution >= 0.6 is 0 Å². The van der Waals surface area contributed by atoms with Crippen molar-refractivity contribution in [2.75, 3.05) is 38.1 Å². The smallest absolute Gasteiger partial charge is 0.284 e. The third kappa shape index (κ3) is 5.56. The highest BCUT2D eigenvalue weighted by Crippen LogP contribution is 2.35. The van der Waals surface area contributed by atoms with Gasteiger partial charge in [0.05, 0.1) is 10.4 Å². The summed E-state index contributed by atoms with van der Waals surface area (Å²) in [5, 5.41) is 2.66. The summed E-state index contributed by atoms with van der Waals surface area (Å²) in [7, 11) is -1.97. The second kappa shape index (κ2) is 10.5. The standard InChI is InChI=1S/C30H35N5O3S/c1-30(2,3)23-14-16-24(17-15-23)39(37,38)32-35-26-13-9-8-12-25(26)27(22-10-6-5-7-11-22)28(35)29(36)31-34-20-18-33(4)19-21-34/h5-17,32H,18-21H2,1-4H3,(H,31,36). The van der Waals surface area contributed by atoms with E-state index in [4.69, 9.17) is 0 Å². The molecule has 1 aromatic heterocycles. The van der Waals surface area contributed by atoms with Crippen molar-refractivity contribution in [3.05, 3.63) is 90.1 Å². The van der Waals surface area contributed by atoms with Crippen molar-refractivity contribution in [1.82, 2.24) is 20.0 Å². The number of para-hydroxylation sites is 1. The maximum atomic E-state index is 13.9. The van der Waals surface area contributed by atoms with Gasteiger partial charge in [0.2, 0.25) is 0 Å². The zero-order valence-electron chi connectivity index (χ0n) is 22.8. The first-order valence-electron chi connectivity index (χ1n) is 13.1. The lowest BCUT2D eigenvalue weighted by Crippen LogP contribution is -2.53. The van der Waals surface area contributed by atoms with Gasteiger partial charge < -0.3 is 4.90 Å². The Kier molecular flexibility index (Phi) is 7.24. The number of piperazine rings is 1. The van der Waals surface area contributed by atoms with Gasteiger partial charge in [-0.3, -0.25) is 10.2 Å². The molecule has 204 valence electrons. The Morgan fingerprint density at radius 1 is 0.821 bits per heavy atom. The van der Waals surface area contributed by atoms with Gasteiger partial charge in [-0.1, -0.05) is 81.4 Å². The SMILES string of the molecule is CN1CCN(NC(=O)c2c(-c3ccccc3)c3ccccc3n2NS(=O)(=O)c2ccc(C(C)(C)C)cc2)CC1. The average Bonchev–Trinajstić information content (AvgIpc) is 3.24. The number of fused-ring (bicyclic) bond motifs is 1. The molecule has 9 heteroatoms. The van der Waals surface area contributed by atoms with Crippen molar-refractivity contribution < 1.29 is 13.2 Å². The summed E-state index contributed by atoms with van der Waals surface area (Å²) in [5.41, 5.74) is 6.28. The summed E-state index contributed by atoms with van der Waals surface area (Å²) < 4.78 is 28.8. The number of sulfonamides is 1. The summed E-state index contributed by atoms with van der Waals surface area (Å²) in [5.74, 6) is -0.375. The number of carbonyl (C=O) groups is 1. The third-order valence-corrected chi connectivity index (χ3v) is 8.47. The molecule has 1 aliphatic heterocycles. The fourth-order valence-corrected chi connectivity index (χ4v) is 5.90. The molecule has 8 nitrogen and oxygen atoms in total. The highest BCUT2D eigenvalue weighted by molar-refractivity contribution is 7.92. The van der Waals surface area contributed by atoms with Crippen LogP contribution in [-0.4, -0.2) is 62.1 Å². The first kappa shape index (κ1) is 26.9. The number of likely N-dealkylation sites (N-methyl/N-ethyl adjacent to an activating group) is 1. The Labute approximate surface area is 230 Å². The van der Waals surface area contributed by atoms with Gasteiger partial charge in [-0.25, -0.2) is 14.5 Å². The molecule has 39 heavy (non-hydrogen) atoms. The fraction of sp³-hybridized carbons (Fsp3) is 0.300. The number of hydrazine groups is 1. The summed E-state index contributed by atoms with van der Waals surface area (Å²) in [6.45, 7) is 9.24. The summed E-state index contributed by atoms with van der Waals surface area (Å²) in [6.07, 6.45) is 0. The number of rotatable bonds is 6. The molecule has 0 atom stereocenters. The quantitative estimate of drug-likeness (QED) is 0.374. The van der Waals surface area contributed by atoms with E-state index in [-0.39, 0.29) is 21.9 Å². The topological polar surface area (TPSA) is 86.7 Å². The number of nitrogens with one attached hydrogen (secondary N) is 2. The number of amides is 1. The molecule has 4 aromatic rings. The first-order valence-corrected chi connectivity index (χ1v) is 14.6. The van der Waals surface area contributed by atoms with Gasteiger partial charge in [-0.15, -0.1) is 0 Å². The van der Waals surface area contributed by atoms with Crippen LogP contribution in [0, 0.1) is 0 Å². The van der Waals surface area contributed by atoms with Crippen molar-refractivity contribution >= 4 is 26.8 Å². The van der Waals surface area contributed by atoms with E-state index in [0.717, 1.165) is 29.6 Å². The normalized spacial score (nSPS) is 15.4. The Balaban J connectivity index is 1.62. The van der Waals surface area contributed by atoms with Gasteiger partial charge in [0.1, 0.15) is 5.69 Å². The number of aromatic nitrogens is 1. The minimum atomic E-state index is -4.02. The first-order chi connectivity index (χ1) is 18.5. The Morgan fingerprint density at radius 2 is 1.44 bits per heavy atom. The van der Waals surface area contributed by atoms with Gasteiger partial charge in [-0.2, -0.15) is 8.42 Å². The summed E-state index contributed by atoms with van der Waals surface area (Å²) in [6, 6.07) is 23.9. The number of benzene rings is 3. The lowest BCUT2D eigenvalue weighted by atomic mass is 9.87. The molecule has 2 heterocycles. The number of hydrogen-bond donors (Lipinski definition) is 2. The van der Waals surface area contributed by atoms with Crippen LogP contribution in [0.3, 0.4) is 0 Å². The highest BCUT2D eigenvalue weighted by Gasteiger charge is 2.29. The molecule has 5 rings (SSSR count). The minimum Gasteiger partial charge on any atom is -0.304 e. The molecule has 1 fully saturated rings. The predicted molar refractivity (Wildman–Crippen MR) is 156 cm³/mol. The maximum Gasteiger partial charge on any atom is 0.284 e. The molecule has 0 aliphatic carbocycles. The van der Waals surface area contributed by atoms with E-state index in [0.29, 0.717) is 24.2 Å². The van der Waals surface area contributed by atoms with Gasteiger partial charge in [0.25, 0.3) is 15.9 Å². The molecule has 0 unspecified atom stereocenters. The Bertz CT molecular complexity index is 1580. The van der Waals surface area contributed by atoms with Crippen LogP contribution in [0.25, 0.3) is 22.0 Å². The lowest BCUT2D eigenvalue weighted by Gasteiger charge is -2.32. The van der Waals surface area contributed by atoms with Crippen molar-refractivity contribution in [3.8, 4) is 11.1 Å². The summed E-state index contributed by atoms with van der Waals surface area (Å²) >= 11 is 0. The van der Waals surface area contributed by atoms with Crippen molar-refractivity contribution in [1.29, 1.82) is 0 Å². The second-order valence-electron chi connectivity index (χ2n) is 11.0. The van der Waals surface area contributed by atoms with E-state index in [1.165, 1.54) is 4.68 Å². The van der Waals surface area contributed by atoms with E-state index >= 15 is 0 Å². The van der Waals surface area contributed by atoms with Gasteiger partial charge in [-0.05, 0) is 41.8 Å². The molecule has 0 bridgehead atoms. The molecule has 2 N–H and O–H groups in total. The van der Waals surface area contributed by atoms with Crippen LogP contribution in [-0.2, 0) is 15.4 Å². The van der Waals surface area contributed by atoms with E-state index in [1.807, 2.05) is 78.8 Å². The monoisotopic (exact) mass is 545 g/mol. The van der Waals surface area contributed by atoms with Gasteiger partial charge in [0.15, 0.2) is 0 Å². The Hall–Kier alpha value is -3.66. The number of nitrogens with zero attached hydrogens (tertiary/aromatic N) is 3.